The molecule has 0 spiro atoms. The first-order chi connectivity index (χ1) is 11.1. The van der Waals surface area contributed by atoms with Crippen LogP contribution in [-0.4, -0.2) is 55.5 Å². The first-order valence-electron chi connectivity index (χ1n) is 7.85. The van der Waals surface area contributed by atoms with Gasteiger partial charge >= 0.3 is 0 Å². The number of carbonyl (C=O) groups excluding carboxylic acids is 1. The summed E-state index contributed by atoms with van der Waals surface area (Å²) in [4.78, 5) is 15.9. The van der Waals surface area contributed by atoms with Crippen LogP contribution in [0, 0.1) is 11.3 Å². The van der Waals surface area contributed by atoms with E-state index in [2.05, 4.69) is 6.07 Å². The van der Waals surface area contributed by atoms with E-state index < -0.39 is 0 Å². The Hall–Kier alpha value is -2.32. The lowest BCUT2D eigenvalue weighted by Crippen LogP contribution is -2.41. The van der Waals surface area contributed by atoms with E-state index in [9.17, 15) is 4.79 Å². The van der Waals surface area contributed by atoms with Crippen LogP contribution >= 0.6 is 0 Å². The number of amides is 1. The largest absolute Gasteiger partial charge is 0.490 e. The molecule has 1 aliphatic rings. The van der Waals surface area contributed by atoms with E-state index in [0.29, 0.717) is 18.7 Å². The van der Waals surface area contributed by atoms with Crippen LogP contribution in [0.25, 0.3) is 0 Å². The molecule has 0 bridgehead atoms. The van der Waals surface area contributed by atoms with Gasteiger partial charge in [-0.3, -0.25) is 4.79 Å². The fourth-order valence-electron chi connectivity index (χ4n) is 2.46. The Bertz CT molecular complexity index is 579. The predicted octanol–water partition coefficient (Wildman–Crippen LogP) is 2.05. The van der Waals surface area contributed by atoms with Gasteiger partial charge in [-0.1, -0.05) is 6.08 Å². The summed E-state index contributed by atoms with van der Waals surface area (Å²) >= 11 is 0. The van der Waals surface area contributed by atoms with E-state index in [1.165, 1.54) is 0 Å². The minimum Gasteiger partial charge on any atom is -0.490 e. The van der Waals surface area contributed by atoms with Crippen molar-refractivity contribution in [2.45, 2.75) is 18.9 Å². The Balaban J connectivity index is 1.78. The van der Waals surface area contributed by atoms with Crippen LogP contribution in [0.15, 0.2) is 36.4 Å². The number of nitriles is 1. The van der Waals surface area contributed by atoms with Gasteiger partial charge in [0.25, 0.3) is 0 Å². The highest BCUT2D eigenvalue weighted by molar-refractivity contribution is 5.87. The topological polar surface area (TPSA) is 56.6 Å². The second kappa shape index (κ2) is 8.35. The molecule has 0 aromatic heterocycles. The van der Waals surface area contributed by atoms with Crippen molar-refractivity contribution in [1.29, 1.82) is 5.26 Å². The fraction of sp³-hybridized carbons (Fsp3) is 0.444. The maximum atomic E-state index is 12.1. The Morgan fingerprint density at radius 1 is 1.35 bits per heavy atom. The molecule has 1 aromatic carbocycles. The molecule has 0 aliphatic carbocycles. The molecule has 1 aromatic rings. The lowest BCUT2D eigenvalue weighted by Gasteiger charge is -2.31. The Morgan fingerprint density at radius 3 is 2.57 bits per heavy atom. The summed E-state index contributed by atoms with van der Waals surface area (Å²) in [6.45, 7) is 2.20. The first-order valence-corrected chi connectivity index (χ1v) is 7.85. The van der Waals surface area contributed by atoms with Crippen LogP contribution in [0.1, 0.15) is 18.4 Å². The third-order valence-corrected chi connectivity index (χ3v) is 3.77. The van der Waals surface area contributed by atoms with Gasteiger partial charge in [-0.15, -0.1) is 0 Å². The normalized spacial score (nSPS) is 15.8. The van der Waals surface area contributed by atoms with Gasteiger partial charge in [0.1, 0.15) is 11.9 Å². The SMILES string of the molecule is CN(C)C/C=C/C(=O)N1CCC(Oc2ccc(C#N)cc2)CC1. The van der Waals surface area contributed by atoms with Crippen LogP contribution in [-0.2, 0) is 4.79 Å². The van der Waals surface area contributed by atoms with Crippen molar-refractivity contribution in [3.05, 3.63) is 42.0 Å². The summed E-state index contributed by atoms with van der Waals surface area (Å²) < 4.78 is 5.92. The van der Waals surface area contributed by atoms with Crippen LogP contribution in [0.4, 0.5) is 0 Å². The van der Waals surface area contributed by atoms with Crippen molar-refractivity contribution in [2.24, 2.45) is 0 Å². The molecular weight excluding hydrogens is 290 g/mol. The Labute approximate surface area is 137 Å². The van der Waals surface area contributed by atoms with Gasteiger partial charge < -0.3 is 14.5 Å². The number of benzene rings is 1. The minimum absolute atomic E-state index is 0.0728. The molecule has 0 radical (unpaired) electrons. The minimum atomic E-state index is 0.0728. The van der Waals surface area contributed by atoms with Gasteiger partial charge in [0, 0.05) is 38.6 Å². The molecule has 0 N–H and O–H groups in total. The average Bonchev–Trinajstić information content (AvgIpc) is 2.56. The number of likely N-dealkylation sites (tertiary alicyclic amines) is 1. The Morgan fingerprint density at radius 2 is 2.00 bits per heavy atom. The predicted molar refractivity (Wildman–Crippen MR) is 89.1 cm³/mol. The molecule has 2 rings (SSSR count). The van der Waals surface area contributed by atoms with Crippen LogP contribution < -0.4 is 4.74 Å². The number of rotatable bonds is 5. The molecule has 122 valence electrons. The molecule has 1 fully saturated rings. The fourth-order valence-corrected chi connectivity index (χ4v) is 2.46. The zero-order valence-electron chi connectivity index (χ0n) is 13.7. The van der Waals surface area contributed by atoms with Crippen LogP contribution in [0.3, 0.4) is 0 Å². The lowest BCUT2D eigenvalue weighted by molar-refractivity contribution is -0.127. The summed E-state index contributed by atoms with van der Waals surface area (Å²) in [7, 11) is 3.95. The van der Waals surface area contributed by atoms with Gasteiger partial charge in [-0.2, -0.15) is 5.26 Å². The molecule has 0 saturated carbocycles. The van der Waals surface area contributed by atoms with Crippen molar-refractivity contribution >= 4 is 5.91 Å². The van der Waals surface area contributed by atoms with Crippen molar-refractivity contribution < 1.29 is 9.53 Å². The molecule has 0 atom stereocenters. The zero-order chi connectivity index (χ0) is 16.7. The highest BCUT2D eigenvalue weighted by Crippen LogP contribution is 2.19. The lowest BCUT2D eigenvalue weighted by atomic mass is 10.1. The van der Waals surface area contributed by atoms with E-state index in [1.54, 1.807) is 18.2 Å². The molecule has 1 heterocycles. The number of piperidine rings is 1. The van der Waals surface area contributed by atoms with Gasteiger partial charge in [-0.25, -0.2) is 0 Å². The number of hydrogen-bond acceptors (Lipinski definition) is 4. The molecular formula is C18H23N3O2. The molecule has 5 heteroatoms. The monoisotopic (exact) mass is 313 g/mol. The maximum Gasteiger partial charge on any atom is 0.246 e. The molecule has 1 amide bonds. The second-order valence-corrected chi connectivity index (χ2v) is 5.94. The van der Waals surface area contributed by atoms with Crippen molar-refractivity contribution in [1.82, 2.24) is 9.80 Å². The van der Waals surface area contributed by atoms with E-state index in [1.807, 2.05) is 42.1 Å². The molecule has 1 saturated heterocycles. The van der Waals surface area contributed by atoms with Crippen molar-refractivity contribution in [2.75, 3.05) is 33.7 Å². The van der Waals surface area contributed by atoms with E-state index in [0.717, 1.165) is 25.1 Å². The maximum absolute atomic E-state index is 12.1. The first kappa shape index (κ1) is 17.0. The molecule has 5 nitrogen and oxygen atoms in total. The smallest absolute Gasteiger partial charge is 0.246 e. The number of carbonyl (C=O) groups is 1. The summed E-state index contributed by atoms with van der Waals surface area (Å²) in [5.74, 6) is 0.850. The number of hydrogen-bond donors (Lipinski definition) is 0. The molecule has 1 aliphatic heterocycles. The third-order valence-electron chi connectivity index (χ3n) is 3.77. The quantitative estimate of drug-likeness (QED) is 0.781. The van der Waals surface area contributed by atoms with E-state index in [4.69, 9.17) is 10.00 Å². The van der Waals surface area contributed by atoms with Gasteiger partial charge in [-0.05, 0) is 38.4 Å². The zero-order valence-corrected chi connectivity index (χ0v) is 13.7. The van der Waals surface area contributed by atoms with Gasteiger partial charge in [0.2, 0.25) is 5.91 Å². The third kappa shape index (κ3) is 5.42. The highest BCUT2D eigenvalue weighted by Gasteiger charge is 2.22. The van der Waals surface area contributed by atoms with Gasteiger partial charge in [0.15, 0.2) is 0 Å². The standard InChI is InChI=1S/C18H23N3O2/c1-20(2)11-3-4-18(22)21-12-9-17(10-13-21)23-16-7-5-15(14-19)6-8-16/h3-8,17H,9-13H2,1-2H3/b4-3+. The second-order valence-electron chi connectivity index (χ2n) is 5.94. The highest BCUT2D eigenvalue weighted by atomic mass is 16.5. The van der Waals surface area contributed by atoms with E-state index in [-0.39, 0.29) is 12.0 Å². The van der Waals surface area contributed by atoms with E-state index >= 15 is 0 Å². The Kier molecular flexibility index (Phi) is 6.19. The number of ether oxygens (including phenoxy) is 1. The summed E-state index contributed by atoms with van der Waals surface area (Å²) in [5, 5.41) is 8.79. The van der Waals surface area contributed by atoms with Crippen molar-refractivity contribution in [3.8, 4) is 11.8 Å². The summed E-state index contributed by atoms with van der Waals surface area (Å²) in [6.07, 6.45) is 5.32. The summed E-state index contributed by atoms with van der Waals surface area (Å²) in [5.41, 5.74) is 0.627. The van der Waals surface area contributed by atoms with Crippen LogP contribution in [0.2, 0.25) is 0 Å². The summed E-state index contributed by atoms with van der Waals surface area (Å²) in [6, 6.07) is 9.24. The molecule has 23 heavy (non-hydrogen) atoms. The average molecular weight is 313 g/mol. The van der Waals surface area contributed by atoms with Gasteiger partial charge in [0.05, 0.1) is 11.6 Å². The number of likely N-dealkylation sites (N-methyl/N-ethyl adjacent to an activating group) is 1. The molecule has 0 unspecified atom stereocenters. The van der Waals surface area contributed by atoms with Crippen LogP contribution in [0.5, 0.6) is 5.75 Å². The number of nitrogens with zero attached hydrogens (tertiary/aromatic N) is 3. The van der Waals surface area contributed by atoms with Crippen molar-refractivity contribution in [3.63, 3.8) is 0 Å².